The van der Waals surface area contributed by atoms with Crippen LogP contribution >= 0.6 is 27.7 Å². The van der Waals surface area contributed by atoms with Gasteiger partial charge in [-0.3, -0.25) is 0 Å². The van der Waals surface area contributed by atoms with Gasteiger partial charge >= 0.3 is 0 Å². The highest BCUT2D eigenvalue weighted by Crippen LogP contribution is 2.23. The standard InChI is InChI=1S/C24H29BrN4OS/c1-3-5-6-16-30-22-14-10-19(11-15-22)17-26-29-23(7-4-2)27-28-24(29)31-18-20-8-12-21(25)13-9-20/h8-15,17H,3-7,16,18H2,1-2H3/b26-17-. The van der Waals surface area contributed by atoms with Crippen LogP contribution in [0.2, 0.25) is 0 Å². The molecule has 0 unspecified atom stereocenters. The number of hydrogen-bond donors (Lipinski definition) is 0. The number of aromatic nitrogens is 3. The highest BCUT2D eigenvalue weighted by Gasteiger charge is 2.11. The van der Waals surface area contributed by atoms with E-state index in [1.165, 1.54) is 18.4 Å². The zero-order valence-electron chi connectivity index (χ0n) is 18.1. The van der Waals surface area contributed by atoms with Gasteiger partial charge in [0, 0.05) is 16.6 Å². The van der Waals surface area contributed by atoms with Crippen LogP contribution in [-0.2, 0) is 12.2 Å². The number of ether oxygens (including phenoxy) is 1. The SMILES string of the molecule is CCCCCOc1ccc(/C=N\n2c(CCC)nnc2SCc2ccc(Br)cc2)cc1. The summed E-state index contributed by atoms with van der Waals surface area (Å²) in [7, 11) is 0. The molecule has 0 saturated heterocycles. The molecule has 0 N–H and O–H groups in total. The van der Waals surface area contributed by atoms with Crippen LogP contribution in [0.15, 0.2) is 63.3 Å². The number of benzene rings is 2. The third kappa shape index (κ3) is 7.51. The van der Waals surface area contributed by atoms with Gasteiger partial charge in [-0.1, -0.05) is 66.5 Å². The van der Waals surface area contributed by atoms with Crippen molar-refractivity contribution in [3.8, 4) is 5.75 Å². The molecule has 0 radical (unpaired) electrons. The Morgan fingerprint density at radius 1 is 1.00 bits per heavy atom. The molecule has 5 nitrogen and oxygen atoms in total. The summed E-state index contributed by atoms with van der Waals surface area (Å²) >= 11 is 5.12. The van der Waals surface area contributed by atoms with E-state index in [9.17, 15) is 0 Å². The molecule has 7 heteroatoms. The van der Waals surface area contributed by atoms with Crippen LogP contribution in [0.3, 0.4) is 0 Å². The molecule has 0 aliphatic heterocycles. The van der Waals surface area contributed by atoms with Crippen molar-refractivity contribution in [2.24, 2.45) is 5.10 Å². The quantitative estimate of drug-likeness (QED) is 0.157. The minimum atomic E-state index is 0.765. The first-order chi connectivity index (χ1) is 15.2. The van der Waals surface area contributed by atoms with Gasteiger partial charge in [0.05, 0.1) is 12.8 Å². The Balaban J connectivity index is 1.66. The van der Waals surface area contributed by atoms with Crippen molar-refractivity contribution in [1.29, 1.82) is 0 Å². The zero-order chi connectivity index (χ0) is 21.9. The Hall–Kier alpha value is -2.12. The zero-order valence-corrected chi connectivity index (χ0v) is 20.5. The molecule has 1 heterocycles. The second-order valence-electron chi connectivity index (χ2n) is 7.24. The lowest BCUT2D eigenvalue weighted by Gasteiger charge is -2.06. The first-order valence-electron chi connectivity index (χ1n) is 10.8. The first-order valence-corrected chi connectivity index (χ1v) is 12.6. The summed E-state index contributed by atoms with van der Waals surface area (Å²) in [5, 5.41) is 14.2. The minimum absolute atomic E-state index is 0.765. The lowest BCUT2D eigenvalue weighted by molar-refractivity contribution is 0.306. The van der Waals surface area contributed by atoms with E-state index in [1.54, 1.807) is 11.8 Å². The second kappa shape index (κ2) is 12.7. The van der Waals surface area contributed by atoms with Crippen LogP contribution in [0, 0.1) is 0 Å². The molecule has 0 aliphatic carbocycles. The van der Waals surface area contributed by atoms with E-state index in [-0.39, 0.29) is 0 Å². The molecule has 3 aromatic rings. The van der Waals surface area contributed by atoms with E-state index in [4.69, 9.17) is 9.84 Å². The number of halogens is 1. The Kier molecular flexibility index (Phi) is 9.62. The number of rotatable bonds is 12. The summed E-state index contributed by atoms with van der Waals surface area (Å²) < 4.78 is 8.73. The topological polar surface area (TPSA) is 52.3 Å². The maximum Gasteiger partial charge on any atom is 0.212 e. The molecule has 0 amide bonds. The smallest absolute Gasteiger partial charge is 0.212 e. The van der Waals surface area contributed by atoms with Crippen LogP contribution in [0.25, 0.3) is 0 Å². The highest BCUT2D eigenvalue weighted by atomic mass is 79.9. The van der Waals surface area contributed by atoms with E-state index in [0.717, 1.165) is 58.4 Å². The van der Waals surface area contributed by atoms with E-state index in [0.29, 0.717) is 0 Å². The van der Waals surface area contributed by atoms with E-state index >= 15 is 0 Å². The molecule has 1 aromatic heterocycles. The van der Waals surface area contributed by atoms with Gasteiger partial charge in [0.1, 0.15) is 5.75 Å². The van der Waals surface area contributed by atoms with Gasteiger partial charge in [-0.15, -0.1) is 10.2 Å². The number of hydrogen-bond acceptors (Lipinski definition) is 5. The Morgan fingerprint density at radius 3 is 2.48 bits per heavy atom. The molecule has 0 saturated carbocycles. The summed E-state index contributed by atoms with van der Waals surface area (Å²) in [5.74, 6) is 2.60. The fourth-order valence-corrected chi connectivity index (χ4v) is 4.05. The molecule has 0 fully saturated rings. The van der Waals surface area contributed by atoms with Gasteiger partial charge < -0.3 is 4.74 Å². The molecule has 164 valence electrons. The van der Waals surface area contributed by atoms with Crippen molar-refractivity contribution in [2.45, 2.75) is 56.9 Å². The van der Waals surface area contributed by atoms with Crippen LogP contribution in [0.1, 0.15) is 56.5 Å². The molecule has 0 aliphatic rings. The normalized spacial score (nSPS) is 11.3. The first kappa shape index (κ1) is 23.5. The van der Waals surface area contributed by atoms with Crippen LogP contribution in [0.4, 0.5) is 0 Å². The van der Waals surface area contributed by atoms with Gasteiger partial charge in [0.25, 0.3) is 0 Å². The van der Waals surface area contributed by atoms with Crippen molar-refractivity contribution in [3.05, 3.63) is 70.0 Å². The summed E-state index contributed by atoms with van der Waals surface area (Å²) in [6, 6.07) is 16.4. The molecule has 0 atom stereocenters. The van der Waals surface area contributed by atoms with Crippen LogP contribution in [-0.4, -0.2) is 27.7 Å². The van der Waals surface area contributed by atoms with Gasteiger partial charge in [0.2, 0.25) is 5.16 Å². The molecule has 0 bridgehead atoms. The Labute approximate surface area is 197 Å². The lowest BCUT2D eigenvalue weighted by Crippen LogP contribution is -2.00. The van der Waals surface area contributed by atoms with Gasteiger partial charge in [-0.05, 0) is 60.4 Å². The third-order valence-electron chi connectivity index (χ3n) is 4.65. The summed E-state index contributed by atoms with van der Waals surface area (Å²) in [4.78, 5) is 0. The predicted molar refractivity (Wildman–Crippen MR) is 132 cm³/mol. The van der Waals surface area contributed by atoms with Crippen molar-refractivity contribution in [1.82, 2.24) is 14.9 Å². The Bertz CT molecular complexity index is 955. The summed E-state index contributed by atoms with van der Waals surface area (Å²) in [6.07, 6.45) is 7.18. The van der Waals surface area contributed by atoms with Crippen molar-refractivity contribution in [3.63, 3.8) is 0 Å². The van der Waals surface area contributed by atoms with Crippen molar-refractivity contribution >= 4 is 33.9 Å². The lowest BCUT2D eigenvalue weighted by atomic mass is 10.2. The molecule has 0 spiro atoms. The van der Waals surface area contributed by atoms with Gasteiger partial charge in [-0.25, -0.2) is 0 Å². The average Bonchev–Trinajstić information content (AvgIpc) is 3.17. The maximum atomic E-state index is 5.79. The Morgan fingerprint density at radius 2 is 1.77 bits per heavy atom. The fourth-order valence-electron chi connectivity index (χ4n) is 2.93. The summed E-state index contributed by atoms with van der Waals surface area (Å²) in [6.45, 7) is 5.10. The highest BCUT2D eigenvalue weighted by molar-refractivity contribution is 9.10. The van der Waals surface area contributed by atoms with E-state index in [2.05, 4.69) is 64.2 Å². The van der Waals surface area contributed by atoms with Crippen LogP contribution < -0.4 is 4.74 Å². The second-order valence-corrected chi connectivity index (χ2v) is 9.10. The van der Waals surface area contributed by atoms with Crippen LogP contribution in [0.5, 0.6) is 5.75 Å². The van der Waals surface area contributed by atoms with E-state index < -0.39 is 0 Å². The molecular formula is C24H29BrN4OS. The number of unbranched alkanes of at least 4 members (excludes halogenated alkanes) is 2. The molecular weight excluding hydrogens is 472 g/mol. The monoisotopic (exact) mass is 500 g/mol. The number of nitrogens with zero attached hydrogens (tertiary/aromatic N) is 4. The maximum absolute atomic E-state index is 5.79. The largest absolute Gasteiger partial charge is 0.494 e. The molecule has 3 rings (SSSR count). The average molecular weight is 501 g/mol. The van der Waals surface area contributed by atoms with Gasteiger partial charge in [0.15, 0.2) is 5.82 Å². The number of thioether (sulfide) groups is 1. The van der Waals surface area contributed by atoms with Crippen molar-refractivity contribution in [2.75, 3.05) is 6.61 Å². The fraction of sp³-hybridized carbons (Fsp3) is 0.375. The molecule has 31 heavy (non-hydrogen) atoms. The van der Waals surface area contributed by atoms with Gasteiger partial charge in [-0.2, -0.15) is 9.78 Å². The third-order valence-corrected chi connectivity index (χ3v) is 6.17. The van der Waals surface area contributed by atoms with E-state index in [1.807, 2.05) is 35.2 Å². The minimum Gasteiger partial charge on any atom is -0.494 e. The predicted octanol–water partition coefficient (Wildman–Crippen LogP) is 6.74. The molecule has 2 aromatic carbocycles. The number of aryl methyl sites for hydroxylation is 1. The summed E-state index contributed by atoms with van der Waals surface area (Å²) in [5.41, 5.74) is 2.25. The van der Waals surface area contributed by atoms with Crippen molar-refractivity contribution < 1.29 is 4.74 Å².